The molecule has 3 N–H and O–H groups in total. The van der Waals surface area contributed by atoms with E-state index >= 15 is 0 Å². The summed E-state index contributed by atoms with van der Waals surface area (Å²) in [6.07, 6.45) is 7.42. The molecular formula is C23H49O6P. The Morgan fingerprint density at radius 2 is 1.23 bits per heavy atom. The zero-order valence-corrected chi connectivity index (χ0v) is 21.4. The summed E-state index contributed by atoms with van der Waals surface area (Å²) in [6, 6.07) is 0. The Hall–Kier alpha value is 0.0300. The summed E-state index contributed by atoms with van der Waals surface area (Å²) in [4.78, 5) is 19.2. The fourth-order valence-corrected chi connectivity index (χ4v) is 6.10. The summed E-state index contributed by atoms with van der Waals surface area (Å²) < 4.78 is 24.1. The van der Waals surface area contributed by atoms with Gasteiger partial charge in [0.1, 0.15) is 5.60 Å². The Kier molecular flexibility index (Phi) is 14.2. The minimum absolute atomic E-state index is 0.101. The molecule has 0 saturated carbocycles. The van der Waals surface area contributed by atoms with Crippen LogP contribution in [0.3, 0.4) is 0 Å². The number of ether oxygens (including phenoxy) is 1. The van der Waals surface area contributed by atoms with Crippen LogP contribution in [0.5, 0.6) is 0 Å². The molecule has 0 spiro atoms. The van der Waals surface area contributed by atoms with Crippen LogP contribution in [0.2, 0.25) is 0 Å². The third-order valence-electron chi connectivity index (χ3n) is 7.14. The summed E-state index contributed by atoms with van der Waals surface area (Å²) in [6.45, 7) is 14.6. The highest BCUT2D eigenvalue weighted by Crippen LogP contribution is 2.49. The van der Waals surface area contributed by atoms with Crippen molar-refractivity contribution in [2.24, 2.45) is 11.3 Å². The van der Waals surface area contributed by atoms with Crippen LogP contribution < -0.4 is 0 Å². The third-order valence-corrected chi connectivity index (χ3v) is 7.74. The molecule has 0 aromatic heterocycles. The molecule has 3 unspecified atom stereocenters. The molecule has 0 bridgehead atoms. The maximum atomic E-state index is 11.8. The highest BCUT2D eigenvalue weighted by molar-refractivity contribution is 7.46. The number of aliphatic hydroxyl groups is 1. The van der Waals surface area contributed by atoms with Gasteiger partial charge in [0.05, 0.1) is 12.2 Å². The van der Waals surface area contributed by atoms with Crippen molar-refractivity contribution in [3.05, 3.63) is 0 Å². The quantitative estimate of drug-likeness (QED) is 0.214. The average Bonchev–Trinajstić information content (AvgIpc) is 2.71. The molecule has 0 rings (SSSR count). The predicted molar refractivity (Wildman–Crippen MR) is 123 cm³/mol. The Morgan fingerprint density at radius 3 is 1.57 bits per heavy atom. The van der Waals surface area contributed by atoms with Crippen molar-refractivity contribution in [1.82, 2.24) is 0 Å². The fraction of sp³-hybridized carbons (Fsp3) is 1.00. The minimum atomic E-state index is -4.67. The molecule has 0 aliphatic carbocycles. The van der Waals surface area contributed by atoms with Crippen molar-refractivity contribution >= 4 is 7.82 Å². The van der Waals surface area contributed by atoms with Gasteiger partial charge in [0.2, 0.25) is 0 Å². The van der Waals surface area contributed by atoms with E-state index in [0.29, 0.717) is 19.3 Å². The largest absolute Gasteiger partial charge is 0.470 e. The molecule has 0 aromatic carbocycles. The van der Waals surface area contributed by atoms with Crippen molar-refractivity contribution in [2.45, 2.75) is 130 Å². The molecule has 6 nitrogen and oxygen atoms in total. The standard InChI is InChI=1S/C23H49O6P/c1-8-15-19(18-24)22(11-4,12-5)20(16-9-2)28-21(17-10-3)23(13-6,14-7)29-30(25,26)27/h19-21,24H,8-18H2,1-7H3,(H2,25,26,27). The lowest BCUT2D eigenvalue weighted by molar-refractivity contribution is -0.182. The molecule has 0 aliphatic heterocycles. The van der Waals surface area contributed by atoms with Gasteiger partial charge < -0.3 is 19.6 Å². The van der Waals surface area contributed by atoms with Gasteiger partial charge in [0.15, 0.2) is 0 Å². The van der Waals surface area contributed by atoms with E-state index in [0.717, 1.165) is 44.9 Å². The van der Waals surface area contributed by atoms with Crippen LogP contribution in [0.15, 0.2) is 0 Å². The van der Waals surface area contributed by atoms with E-state index in [1.807, 2.05) is 13.8 Å². The normalized spacial score (nSPS) is 16.5. The number of phosphoric acid groups is 1. The molecule has 0 radical (unpaired) electrons. The summed E-state index contributed by atoms with van der Waals surface area (Å²) in [5, 5.41) is 10.2. The predicted octanol–water partition coefficient (Wildman–Crippen LogP) is 6.22. The minimum Gasteiger partial charge on any atom is -0.396 e. The smallest absolute Gasteiger partial charge is 0.396 e. The van der Waals surface area contributed by atoms with E-state index in [-0.39, 0.29) is 24.0 Å². The summed E-state index contributed by atoms with van der Waals surface area (Å²) in [5.74, 6) is 0.136. The first-order valence-electron chi connectivity index (χ1n) is 12.1. The number of hydrogen-bond acceptors (Lipinski definition) is 4. The van der Waals surface area contributed by atoms with Crippen LogP contribution in [-0.2, 0) is 13.8 Å². The number of rotatable bonds is 18. The summed E-state index contributed by atoms with van der Waals surface area (Å²) >= 11 is 0. The van der Waals surface area contributed by atoms with Gasteiger partial charge in [-0.15, -0.1) is 0 Å². The average molecular weight is 453 g/mol. The van der Waals surface area contributed by atoms with Crippen LogP contribution in [-0.4, -0.2) is 39.3 Å². The van der Waals surface area contributed by atoms with Crippen LogP contribution in [0, 0.1) is 11.3 Å². The van der Waals surface area contributed by atoms with Crippen LogP contribution in [0.4, 0.5) is 0 Å². The SMILES string of the molecule is CCCC(OC(CCC)C(CC)(CC)C(CO)CCC)C(CC)(CC)OP(=O)(O)O. The van der Waals surface area contributed by atoms with Gasteiger partial charge >= 0.3 is 7.82 Å². The lowest BCUT2D eigenvalue weighted by atomic mass is 9.65. The van der Waals surface area contributed by atoms with E-state index in [9.17, 15) is 19.5 Å². The molecule has 0 amide bonds. The third kappa shape index (κ3) is 7.86. The summed E-state index contributed by atoms with van der Waals surface area (Å²) in [7, 11) is -4.67. The molecule has 0 aromatic rings. The number of aliphatic hydroxyl groups excluding tert-OH is 1. The fourth-order valence-electron chi connectivity index (χ4n) is 5.25. The van der Waals surface area contributed by atoms with Crippen LogP contribution >= 0.6 is 7.82 Å². The molecule has 30 heavy (non-hydrogen) atoms. The molecule has 3 atom stereocenters. The monoisotopic (exact) mass is 452 g/mol. The Bertz CT molecular complexity index is 484. The first-order valence-corrected chi connectivity index (χ1v) is 13.7. The van der Waals surface area contributed by atoms with Crippen molar-refractivity contribution in [2.75, 3.05) is 6.61 Å². The summed E-state index contributed by atoms with van der Waals surface area (Å²) in [5.41, 5.74) is -1.21. The molecule has 182 valence electrons. The second-order valence-corrected chi connectivity index (χ2v) is 9.82. The second-order valence-electron chi connectivity index (χ2n) is 8.65. The zero-order valence-electron chi connectivity index (χ0n) is 20.5. The second kappa shape index (κ2) is 14.2. The van der Waals surface area contributed by atoms with Crippen molar-refractivity contribution in [1.29, 1.82) is 0 Å². The van der Waals surface area contributed by atoms with Crippen LogP contribution in [0.1, 0.15) is 113 Å². The first-order chi connectivity index (χ1) is 14.1. The lowest BCUT2D eigenvalue weighted by Crippen LogP contribution is -2.51. The molecular weight excluding hydrogens is 403 g/mol. The lowest BCUT2D eigenvalue weighted by Gasteiger charge is -2.49. The Morgan fingerprint density at radius 1 is 0.767 bits per heavy atom. The zero-order chi connectivity index (χ0) is 23.4. The first kappa shape index (κ1) is 30.0. The molecule has 0 fully saturated rings. The van der Waals surface area contributed by atoms with E-state index in [1.165, 1.54) is 0 Å². The van der Waals surface area contributed by atoms with Gasteiger partial charge in [-0.25, -0.2) is 4.57 Å². The topological polar surface area (TPSA) is 96.2 Å². The van der Waals surface area contributed by atoms with E-state index < -0.39 is 19.5 Å². The van der Waals surface area contributed by atoms with Crippen molar-refractivity contribution < 1.29 is 28.7 Å². The van der Waals surface area contributed by atoms with Gasteiger partial charge in [-0.05, 0) is 50.9 Å². The van der Waals surface area contributed by atoms with Gasteiger partial charge in [-0.1, -0.05) is 67.7 Å². The molecule has 7 heteroatoms. The van der Waals surface area contributed by atoms with Gasteiger partial charge in [0, 0.05) is 12.0 Å². The van der Waals surface area contributed by atoms with Crippen molar-refractivity contribution in [3.63, 3.8) is 0 Å². The molecule has 0 saturated heterocycles. The van der Waals surface area contributed by atoms with Crippen LogP contribution in [0.25, 0.3) is 0 Å². The number of hydrogen-bond donors (Lipinski definition) is 3. The van der Waals surface area contributed by atoms with E-state index in [4.69, 9.17) is 9.26 Å². The highest BCUT2D eigenvalue weighted by atomic mass is 31.2. The highest BCUT2D eigenvalue weighted by Gasteiger charge is 2.48. The van der Waals surface area contributed by atoms with E-state index in [1.54, 1.807) is 0 Å². The molecule has 0 aliphatic rings. The van der Waals surface area contributed by atoms with Gasteiger partial charge in [-0.3, -0.25) is 4.52 Å². The van der Waals surface area contributed by atoms with E-state index in [2.05, 4.69) is 34.6 Å². The maximum Gasteiger partial charge on any atom is 0.470 e. The maximum absolute atomic E-state index is 11.8. The van der Waals surface area contributed by atoms with Crippen molar-refractivity contribution in [3.8, 4) is 0 Å². The Labute approximate surface area is 185 Å². The number of phosphoric ester groups is 1. The van der Waals surface area contributed by atoms with Gasteiger partial charge in [-0.2, -0.15) is 0 Å². The Balaban J connectivity index is 6.26. The van der Waals surface area contributed by atoms with Gasteiger partial charge in [0.25, 0.3) is 0 Å². The molecule has 0 heterocycles.